The van der Waals surface area contributed by atoms with Crippen LogP contribution in [0.2, 0.25) is 0 Å². The Labute approximate surface area is 89.0 Å². The predicted molar refractivity (Wildman–Crippen MR) is 56.3 cm³/mol. The van der Waals surface area contributed by atoms with Crippen molar-refractivity contribution in [2.24, 2.45) is 0 Å². The minimum Gasteiger partial charge on any atom is -0.454 e. The highest BCUT2D eigenvalue weighted by Gasteiger charge is 2.19. The molecule has 1 heterocycles. The van der Waals surface area contributed by atoms with Crippen LogP contribution >= 0.6 is 0 Å². The van der Waals surface area contributed by atoms with Crippen molar-refractivity contribution in [2.75, 3.05) is 6.79 Å². The van der Waals surface area contributed by atoms with Crippen LogP contribution in [0, 0.1) is 0 Å². The van der Waals surface area contributed by atoms with Gasteiger partial charge in [0, 0.05) is 12.0 Å². The number of carbonyl (C=O) groups excluding carboxylic acids is 1. The van der Waals surface area contributed by atoms with Gasteiger partial charge in [0.25, 0.3) is 0 Å². The lowest BCUT2D eigenvalue weighted by Crippen LogP contribution is -2.01. The number of ketones is 1. The van der Waals surface area contributed by atoms with Crippen LogP contribution in [-0.4, -0.2) is 12.6 Å². The van der Waals surface area contributed by atoms with E-state index in [-0.39, 0.29) is 12.6 Å². The van der Waals surface area contributed by atoms with Crippen LogP contribution in [0.5, 0.6) is 11.5 Å². The third kappa shape index (κ3) is 1.82. The van der Waals surface area contributed by atoms with E-state index in [4.69, 9.17) is 9.47 Å². The molecule has 0 unspecified atom stereocenters. The zero-order chi connectivity index (χ0) is 10.8. The second-order valence-electron chi connectivity index (χ2n) is 3.67. The molecule has 0 amide bonds. The van der Waals surface area contributed by atoms with Gasteiger partial charge in [-0.05, 0) is 25.0 Å². The summed E-state index contributed by atoms with van der Waals surface area (Å²) in [4.78, 5) is 11.1. The van der Waals surface area contributed by atoms with Gasteiger partial charge in [-0.3, -0.25) is 4.79 Å². The minimum absolute atomic E-state index is 0.170. The second-order valence-corrected chi connectivity index (χ2v) is 3.67. The molecule has 0 spiro atoms. The molecule has 0 saturated heterocycles. The van der Waals surface area contributed by atoms with E-state index >= 15 is 0 Å². The molecule has 15 heavy (non-hydrogen) atoms. The first-order valence-electron chi connectivity index (χ1n) is 5.12. The lowest BCUT2D eigenvalue weighted by Gasteiger charge is -2.09. The molecule has 0 radical (unpaired) electrons. The number of Topliss-reactive ketones (excluding diaryl/α,β-unsaturated/α-hetero) is 1. The van der Waals surface area contributed by atoms with Crippen LogP contribution in [0.15, 0.2) is 12.1 Å². The van der Waals surface area contributed by atoms with Crippen molar-refractivity contribution in [2.45, 2.75) is 26.7 Å². The molecule has 0 bridgehead atoms. The molecule has 80 valence electrons. The molecule has 2 rings (SSSR count). The highest BCUT2D eigenvalue weighted by atomic mass is 16.7. The third-order valence-electron chi connectivity index (χ3n) is 2.53. The van der Waals surface area contributed by atoms with Crippen molar-refractivity contribution in [3.63, 3.8) is 0 Å². The van der Waals surface area contributed by atoms with Crippen molar-refractivity contribution >= 4 is 5.78 Å². The molecule has 1 aliphatic heterocycles. The van der Waals surface area contributed by atoms with E-state index < -0.39 is 0 Å². The van der Waals surface area contributed by atoms with Crippen molar-refractivity contribution in [3.05, 3.63) is 23.3 Å². The van der Waals surface area contributed by atoms with Crippen LogP contribution < -0.4 is 9.47 Å². The van der Waals surface area contributed by atoms with E-state index in [1.165, 1.54) is 0 Å². The van der Waals surface area contributed by atoms with Gasteiger partial charge in [-0.1, -0.05) is 13.0 Å². The Hall–Kier alpha value is -1.51. The molecule has 1 aliphatic rings. The van der Waals surface area contributed by atoms with E-state index in [1.807, 2.05) is 12.1 Å². The average Bonchev–Trinajstić information content (AvgIpc) is 2.64. The Morgan fingerprint density at radius 3 is 2.87 bits per heavy atom. The molecular formula is C12H14O3. The second kappa shape index (κ2) is 3.93. The maximum Gasteiger partial charge on any atom is 0.231 e. The topological polar surface area (TPSA) is 35.5 Å². The van der Waals surface area contributed by atoms with Crippen LogP contribution in [-0.2, 0) is 17.6 Å². The number of benzene rings is 1. The zero-order valence-corrected chi connectivity index (χ0v) is 9.00. The lowest BCUT2D eigenvalue weighted by molar-refractivity contribution is -0.116. The summed E-state index contributed by atoms with van der Waals surface area (Å²) in [6, 6.07) is 3.83. The fraction of sp³-hybridized carbons (Fsp3) is 0.417. The fourth-order valence-electron chi connectivity index (χ4n) is 1.89. The quantitative estimate of drug-likeness (QED) is 0.759. The molecule has 0 aromatic heterocycles. The van der Waals surface area contributed by atoms with Gasteiger partial charge in [0.2, 0.25) is 6.79 Å². The number of carbonyl (C=O) groups is 1. The smallest absolute Gasteiger partial charge is 0.231 e. The number of rotatable bonds is 3. The minimum atomic E-state index is 0.170. The Balaban J connectivity index is 2.43. The lowest BCUT2D eigenvalue weighted by atomic mass is 9.99. The molecule has 0 saturated carbocycles. The summed E-state index contributed by atoms with van der Waals surface area (Å²) in [6.07, 6.45) is 1.33. The van der Waals surface area contributed by atoms with Crippen LogP contribution in [0.1, 0.15) is 25.0 Å². The fourth-order valence-corrected chi connectivity index (χ4v) is 1.89. The van der Waals surface area contributed by atoms with Gasteiger partial charge < -0.3 is 9.47 Å². The number of ether oxygens (including phenoxy) is 2. The molecule has 3 nitrogen and oxygen atoms in total. The summed E-state index contributed by atoms with van der Waals surface area (Å²) < 4.78 is 10.7. The third-order valence-corrected chi connectivity index (χ3v) is 2.53. The van der Waals surface area contributed by atoms with Gasteiger partial charge in [0.1, 0.15) is 5.78 Å². The van der Waals surface area contributed by atoms with Gasteiger partial charge in [0.05, 0.1) is 0 Å². The highest BCUT2D eigenvalue weighted by molar-refractivity contribution is 5.79. The van der Waals surface area contributed by atoms with E-state index in [1.54, 1.807) is 6.92 Å². The van der Waals surface area contributed by atoms with E-state index in [0.717, 1.165) is 29.0 Å². The van der Waals surface area contributed by atoms with Gasteiger partial charge in [0.15, 0.2) is 11.5 Å². The zero-order valence-electron chi connectivity index (χ0n) is 9.00. The highest BCUT2D eigenvalue weighted by Crippen LogP contribution is 2.37. The maximum atomic E-state index is 11.1. The largest absolute Gasteiger partial charge is 0.454 e. The maximum absolute atomic E-state index is 11.1. The Bertz CT molecular complexity index is 396. The average molecular weight is 206 g/mol. The summed E-state index contributed by atoms with van der Waals surface area (Å²) >= 11 is 0. The Kier molecular flexibility index (Phi) is 2.62. The molecule has 0 aliphatic carbocycles. The van der Waals surface area contributed by atoms with E-state index in [2.05, 4.69) is 6.92 Å². The van der Waals surface area contributed by atoms with Crippen molar-refractivity contribution in [1.82, 2.24) is 0 Å². The standard InChI is InChI=1S/C12H14O3/c1-3-10-9(6-8(2)13)4-5-11-12(10)15-7-14-11/h4-5H,3,6-7H2,1-2H3. The van der Waals surface area contributed by atoms with Gasteiger partial charge >= 0.3 is 0 Å². The molecule has 0 fully saturated rings. The molecule has 0 N–H and O–H groups in total. The number of fused-ring (bicyclic) bond motifs is 1. The molecule has 1 aromatic rings. The van der Waals surface area contributed by atoms with Gasteiger partial charge in [-0.25, -0.2) is 0 Å². The van der Waals surface area contributed by atoms with Crippen molar-refractivity contribution in [3.8, 4) is 11.5 Å². The first-order chi connectivity index (χ1) is 7.22. The molecule has 1 aromatic carbocycles. The molecule has 3 heteroatoms. The summed E-state index contributed by atoms with van der Waals surface area (Å²) in [6.45, 7) is 3.94. The monoisotopic (exact) mass is 206 g/mol. The normalized spacial score (nSPS) is 12.9. The van der Waals surface area contributed by atoms with Crippen molar-refractivity contribution in [1.29, 1.82) is 0 Å². The van der Waals surface area contributed by atoms with Crippen molar-refractivity contribution < 1.29 is 14.3 Å². The first-order valence-corrected chi connectivity index (χ1v) is 5.12. The summed E-state index contributed by atoms with van der Waals surface area (Å²) in [7, 11) is 0. The molecular weight excluding hydrogens is 192 g/mol. The summed E-state index contributed by atoms with van der Waals surface area (Å²) in [5.74, 6) is 1.78. The SMILES string of the molecule is CCc1c(CC(C)=O)ccc2c1OCO2. The van der Waals surface area contributed by atoms with Gasteiger partial charge in [-0.15, -0.1) is 0 Å². The van der Waals surface area contributed by atoms with Crippen LogP contribution in [0.3, 0.4) is 0 Å². The van der Waals surface area contributed by atoms with Gasteiger partial charge in [-0.2, -0.15) is 0 Å². The first kappa shape index (κ1) is 10.0. The Morgan fingerprint density at radius 2 is 2.20 bits per heavy atom. The van der Waals surface area contributed by atoms with E-state index in [0.29, 0.717) is 6.42 Å². The van der Waals surface area contributed by atoms with Crippen LogP contribution in [0.4, 0.5) is 0 Å². The Morgan fingerprint density at radius 1 is 1.40 bits per heavy atom. The van der Waals surface area contributed by atoms with E-state index in [9.17, 15) is 4.79 Å². The predicted octanol–water partition coefficient (Wildman–Crippen LogP) is 2.11. The number of hydrogen-bond acceptors (Lipinski definition) is 3. The molecule has 0 atom stereocenters. The summed E-state index contributed by atoms with van der Waals surface area (Å²) in [5, 5.41) is 0. The van der Waals surface area contributed by atoms with Crippen LogP contribution in [0.25, 0.3) is 0 Å². The number of hydrogen-bond donors (Lipinski definition) is 0. The summed E-state index contributed by atoms with van der Waals surface area (Å²) in [5.41, 5.74) is 2.15.